The minimum atomic E-state index is -0.493. The van der Waals surface area contributed by atoms with Crippen molar-refractivity contribution in [1.82, 2.24) is 5.32 Å². The van der Waals surface area contributed by atoms with Crippen LogP contribution in [-0.2, 0) is 4.79 Å². The Kier molecular flexibility index (Phi) is 3.92. The van der Waals surface area contributed by atoms with Gasteiger partial charge in [-0.1, -0.05) is 30.3 Å². The summed E-state index contributed by atoms with van der Waals surface area (Å²) in [6.07, 6.45) is 7.48. The summed E-state index contributed by atoms with van der Waals surface area (Å²) < 4.78 is 0. The van der Waals surface area contributed by atoms with E-state index in [1.54, 1.807) is 0 Å². The molecule has 0 unspecified atom stereocenters. The Morgan fingerprint density at radius 2 is 1.65 bits per heavy atom. The van der Waals surface area contributed by atoms with E-state index in [1.807, 2.05) is 30.3 Å². The van der Waals surface area contributed by atoms with Gasteiger partial charge in [0.1, 0.15) is 0 Å². The van der Waals surface area contributed by atoms with Crippen molar-refractivity contribution in [2.75, 3.05) is 6.54 Å². The van der Waals surface area contributed by atoms with Gasteiger partial charge in [-0.25, -0.2) is 0 Å². The third-order valence-corrected chi connectivity index (χ3v) is 6.41. The van der Waals surface area contributed by atoms with E-state index in [1.165, 1.54) is 19.3 Å². The van der Waals surface area contributed by atoms with E-state index in [4.69, 9.17) is 0 Å². The molecule has 0 radical (unpaired) electrons. The molecule has 2 N–H and O–H groups in total. The standard InChI is InChI=1S/C20H27NO2/c22-18(17-4-2-1-3-5-17)6-7-21-19(23)20-11-14-8-15(12-20)10-16(9-14)13-20/h1-5,14-16,18,22H,6-13H2,(H,21,23)/t14?,15?,16?,18-,20?/m1/s1. The zero-order chi connectivity index (χ0) is 15.9. The number of benzene rings is 1. The Morgan fingerprint density at radius 3 is 2.22 bits per heavy atom. The van der Waals surface area contributed by atoms with E-state index in [0.717, 1.165) is 42.6 Å². The molecule has 3 heteroatoms. The highest BCUT2D eigenvalue weighted by molar-refractivity contribution is 5.83. The minimum absolute atomic E-state index is 0.0769. The Bertz CT molecular complexity index is 533. The molecule has 0 heterocycles. The van der Waals surface area contributed by atoms with Crippen molar-refractivity contribution in [1.29, 1.82) is 0 Å². The Hall–Kier alpha value is -1.35. The first kappa shape index (κ1) is 15.2. The van der Waals surface area contributed by atoms with Gasteiger partial charge in [0.25, 0.3) is 0 Å². The maximum absolute atomic E-state index is 12.8. The van der Waals surface area contributed by atoms with Crippen molar-refractivity contribution in [3.63, 3.8) is 0 Å². The number of nitrogens with one attached hydrogen (secondary N) is 1. The Labute approximate surface area is 138 Å². The van der Waals surface area contributed by atoms with Crippen LogP contribution in [0.1, 0.15) is 56.6 Å². The zero-order valence-electron chi connectivity index (χ0n) is 13.7. The second-order valence-electron chi connectivity index (χ2n) is 8.17. The van der Waals surface area contributed by atoms with Crippen LogP contribution in [0.5, 0.6) is 0 Å². The molecule has 4 saturated carbocycles. The third kappa shape index (κ3) is 2.91. The fourth-order valence-electron chi connectivity index (χ4n) is 5.74. The summed E-state index contributed by atoms with van der Waals surface area (Å²) in [7, 11) is 0. The first-order valence-corrected chi connectivity index (χ1v) is 9.16. The van der Waals surface area contributed by atoms with Crippen LogP contribution in [0.15, 0.2) is 30.3 Å². The van der Waals surface area contributed by atoms with E-state index in [-0.39, 0.29) is 11.3 Å². The van der Waals surface area contributed by atoms with Crippen molar-refractivity contribution in [3.05, 3.63) is 35.9 Å². The number of aliphatic hydroxyl groups excluding tert-OH is 1. The van der Waals surface area contributed by atoms with Crippen LogP contribution in [0.3, 0.4) is 0 Å². The first-order chi connectivity index (χ1) is 11.1. The van der Waals surface area contributed by atoms with E-state index >= 15 is 0 Å². The van der Waals surface area contributed by atoms with Crippen LogP contribution in [0.25, 0.3) is 0 Å². The molecule has 23 heavy (non-hydrogen) atoms. The molecular weight excluding hydrogens is 286 g/mol. The van der Waals surface area contributed by atoms with Crippen LogP contribution in [0.2, 0.25) is 0 Å². The van der Waals surface area contributed by atoms with E-state index in [9.17, 15) is 9.90 Å². The van der Waals surface area contributed by atoms with E-state index < -0.39 is 6.10 Å². The summed E-state index contributed by atoms with van der Waals surface area (Å²) in [6, 6.07) is 9.70. The number of carbonyl (C=O) groups is 1. The van der Waals surface area contributed by atoms with Crippen molar-refractivity contribution in [3.8, 4) is 0 Å². The van der Waals surface area contributed by atoms with Crippen LogP contribution < -0.4 is 5.32 Å². The number of rotatable bonds is 5. The lowest BCUT2D eigenvalue weighted by atomic mass is 9.49. The molecule has 1 amide bonds. The van der Waals surface area contributed by atoms with Crippen molar-refractivity contribution in [2.24, 2.45) is 23.2 Å². The molecule has 4 fully saturated rings. The molecule has 1 aromatic carbocycles. The maximum Gasteiger partial charge on any atom is 0.226 e. The van der Waals surface area contributed by atoms with Crippen molar-refractivity contribution < 1.29 is 9.90 Å². The molecule has 4 bridgehead atoms. The second-order valence-corrected chi connectivity index (χ2v) is 8.17. The molecule has 5 rings (SSSR count). The number of hydrogen-bond acceptors (Lipinski definition) is 2. The molecule has 124 valence electrons. The smallest absolute Gasteiger partial charge is 0.226 e. The summed E-state index contributed by atoms with van der Waals surface area (Å²) in [4.78, 5) is 12.8. The lowest BCUT2D eigenvalue weighted by Gasteiger charge is -2.55. The van der Waals surface area contributed by atoms with Crippen LogP contribution in [0.4, 0.5) is 0 Å². The molecular formula is C20H27NO2. The summed E-state index contributed by atoms with van der Waals surface area (Å²) in [6.45, 7) is 0.566. The van der Waals surface area contributed by atoms with Crippen molar-refractivity contribution >= 4 is 5.91 Å². The number of amides is 1. The average molecular weight is 313 g/mol. The van der Waals surface area contributed by atoms with Crippen LogP contribution >= 0.6 is 0 Å². The average Bonchev–Trinajstić information content (AvgIpc) is 2.54. The molecule has 0 aromatic heterocycles. The van der Waals surface area contributed by atoms with Gasteiger partial charge in [0, 0.05) is 12.0 Å². The largest absolute Gasteiger partial charge is 0.388 e. The molecule has 4 aliphatic rings. The van der Waals surface area contributed by atoms with Gasteiger partial charge < -0.3 is 10.4 Å². The zero-order valence-corrected chi connectivity index (χ0v) is 13.7. The van der Waals surface area contributed by atoms with Crippen molar-refractivity contribution in [2.45, 2.75) is 51.0 Å². The third-order valence-electron chi connectivity index (χ3n) is 6.41. The predicted molar refractivity (Wildman–Crippen MR) is 89.6 cm³/mol. The quantitative estimate of drug-likeness (QED) is 0.875. The molecule has 1 aromatic rings. The maximum atomic E-state index is 12.8. The summed E-state index contributed by atoms with van der Waals surface area (Å²) >= 11 is 0. The van der Waals surface area contributed by atoms with E-state index in [0.29, 0.717) is 13.0 Å². The first-order valence-electron chi connectivity index (χ1n) is 9.16. The molecule has 4 aliphatic carbocycles. The summed E-state index contributed by atoms with van der Waals surface area (Å²) in [5, 5.41) is 13.4. The number of aliphatic hydroxyl groups is 1. The van der Waals surface area contributed by atoms with Gasteiger partial charge in [0.05, 0.1) is 6.10 Å². The molecule has 0 aliphatic heterocycles. The van der Waals surface area contributed by atoms with Gasteiger partial charge in [0.2, 0.25) is 5.91 Å². The topological polar surface area (TPSA) is 49.3 Å². The summed E-state index contributed by atoms with van der Waals surface area (Å²) in [5.74, 6) is 2.64. The van der Waals surface area contributed by atoms with Gasteiger partial charge >= 0.3 is 0 Å². The minimum Gasteiger partial charge on any atom is -0.388 e. The number of carbonyl (C=O) groups excluding carboxylic acids is 1. The SMILES string of the molecule is O=C(NCC[C@@H](O)c1ccccc1)C12CC3CC(CC(C3)C1)C2. The normalized spacial score (nSPS) is 36.0. The second kappa shape index (κ2) is 5.94. The van der Waals surface area contributed by atoms with Gasteiger partial charge in [-0.3, -0.25) is 4.79 Å². The lowest BCUT2D eigenvalue weighted by Crippen LogP contribution is -2.53. The molecule has 3 nitrogen and oxygen atoms in total. The molecule has 1 atom stereocenters. The molecule has 0 saturated heterocycles. The number of hydrogen-bond donors (Lipinski definition) is 2. The Balaban J connectivity index is 1.32. The Morgan fingerprint density at radius 1 is 1.09 bits per heavy atom. The molecule has 0 spiro atoms. The highest BCUT2D eigenvalue weighted by Crippen LogP contribution is 2.60. The van der Waals surface area contributed by atoms with Crippen LogP contribution in [0, 0.1) is 23.2 Å². The summed E-state index contributed by atoms with van der Waals surface area (Å²) in [5.41, 5.74) is 0.850. The van der Waals surface area contributed by atoms with Gasteiger partial charge in [0.15, 0.2) is 0 Å². The fourth-order valence-corrected chi connectivity index (χ4v) is 5.74. The monoisotopic (exact) mass is 313 g/mol. The highest BCUT2D eigenvalue weighted by atomic mass is 16.3. The lowest BCUT2D eigenvalue weighted by molar-refractivity contribution is -0.146. The van der Waals surface area contributed by atoms with Crippen LogP contribution in [-0.4, -0.2) is 17.6 Å². The van der Waals surface area contributed by atoms with Gasteiger partial charge in [-0.15, -0.1) is 0 Å². The fraction of sp³-hybridized carbons (Fsp3) is 0.650. The van der Waals surface area contributed by atoms with E-state index in [2.05, 4.69) is 5.32 Å². The predicted octanol–water partition coefficient (Wildman–Crippen LogP) is 3.44. The van der Waals surface area contributed by atoms with Gasteiger partial charge in [-0.2, -0.15) is 0 Å². The van der Waals surface area contributed by atoms with Gasteiger partial charge in [-0.05, 0) is 68.3 Å². The highest BCUT2D eigenvalue weighted by Gasteiger charge is 2.54.